The van der Waals surface area contributed by atoms with Crippen LogP contribution in [0.1, 0.15) is 31.4 Å². The zero-order valence-corrected chi connectivity index (χ0v) is 22.8. The molecule has 2 aromatic heterocycles. The van der Waals surface area contributed by atoms with E-state index in [9.17, 15) is 9.50 Å². The van der Waals surface area contributed by atoms with Gasteiger partial charge in [0.25, 0.3) is 0 Å². The van der Waals surface area contributed by atoms with Crippen molar-refractivity contribution in [3.8, 4) is 0 Å². The van der Waals surface area contributed by atoms with Gasteiger partial charge in [0.05, 0.1) is 11.4 Å². The summed E-state index contributed by atoms with van der Waals surface area (Å²) in [6.07, 6.45) is 4.33. The second kappa shape index (κ2) is 12.1. The second-order valence-corrected chi connectivity index (χ2v) is 9.87. The van der Waals surface area contributed by atoms with E-state index in [1.165, 1.54) is 6.07 Å². The molecule has 2 saturated heterocycles. The second-order valence-electron chi connectivity index (χ2n) is 9.43. The SMILES string of the molecule is Cc1c2nc(N3CCC(N4CCCC(CO)C4)CC3)nc(Nc3ccc(Cl)cc3F)c2nn1C.Cl.Cl. The minimum atomic E-state index is -0.447. The van der Waals surface area contributed by atoms with Crippen LogP contribution in [-0.2, 0) is 7.05 Å². The van der Waals surface area contributed by atoms with E-state index < -0.39 is 5.82 Å². The quantitative estimate of drug-likeness (QED) is 0.467. The fourth-order valence-corrected chi connectivity index (χ4v) is 5.28. The molecule has 2 fully saturated rings. The Bertz CT molecular complexity index is 1190. The van der Waals surface area contributed by atoms with Crippen molar-refractivity contribution in [2.24, 2.45) is 13.0 Å². The third kappa shape index (κ3) is 5.81. The summed E-state index contributed by atoms with van der Waals surface area (Å²) in [4.78, 5) is 14.4. The van der Waals surface area contributed by atoms with Crippen LogP contribution in [0.5, 0.6) is 0 Å². The third-order valence-electron chi connectivity index (χ3n) is 7.21. The van der Waals surface area contributed by atoms with Crippen LogP contribution in [0.25, 0.3) is 11.0 Å². The van der Waals surface area contributed by atoms with Crippen LogP contribution in [0.3, 0.4) is 0 Å². The van der Waals surface area contributed by atoms with Crippen molar-refractivity contribution in [2.75, 3.05) is 43.0 Å². The molecule has 0 aliphatic carbocycles. The average molecular weight is 561 g/mol. The normalized spacial score (nSPS) is 19.1. The van der Waals surface area contributed by atoms with Gasteiger partial charge in [-0.25, -0.2) is 9.37 Å². The number of halogens is 4. The zero-order valence-electron chi connectivity index (χ0n) is 20.5. The van der Waals surface area contributed by atoms with E-state index in [-0.39, 0.29) is 31.4 Å². The van der Waals surface area contributed by atoms with Crippen molar-refractivity contribution >= 4 is 64.9 Å². The Labute approximate surface area is 228 Å². The van der Waals surface area contributed by atoms with E-state index in [1.807, 2.05) is 14.0 Å². The lowest BCUT2D eigenvalue weighted by molar-refractivity contribution is 0.0776. The molecule has 4 heterocycles. The minimum absolute atomic E-state index is 0. The van der Waals surface area contributed by atoms with Crippen LogP contribution in [0.4, 0.5) is 21.8 Å². The number of rotatable bonds is 5. The zero-order chi connectivity index (χ0) is 23.8. The number of piperidine rings is 2. The molecule has 2 aliphatic rings. The van der Waals surface area contributed by atoms with Gasteiger partial charge in [-0.3, -0.25) is 9.58 Å². The number of aryl methyl sites for hydroxylation is 2. The summed E-state index contributed by atoms with van der Waals surface area (Å²) >= 11 is 5.92. The van der Waals surface area contributed by atoms with Crippen molar-refractivity contribution in [3.05, 3.63) is 34.7 Å². The van der Waals surface area contributed by atoms with Gasteiger partial charge in [0.15, 0.2) is 11.3 Å². The molecule has 12 heteroatoms. The Balaban J connectivity index is 0.00000180. The highest BCUT2D eigenvalue weighted by Gasteiger charge is 2.30. The molecule has 0 saturated carbocycles. The summed E-state index contributed by atoms with van der Waals surface area (Å²) in [5, 5.41) is 17.6. The first-order valence-corrected chi connectivity index (χ1v) is 12.3. The molecule has 2 aliphatic heterocycles. The first-order valence-electron chi connectivity index (χ1n) is 12.0. The number of fused-ring (bicyclic) bond motifs is 1. The molecular formula is C24H33Cl3FN7O. The number of hydrogen-bond donors (Lipinski definition) is 2. The van der Waals surface area contributed by atoms with Crippen LogP contribution in [0.15, 0.2) is 18.2 Å². The summed E-state index contributed by atoms with van der Waals surface area (Å²) in [6.45, 7) is 6.05. The Morgan fingerprint density at radius 2 is 1.86 bits per heavy atom. The van der Waals surface area contributed by atoms with Gasteiger partial charge in [-0.1, -0.05) is 11.6 Å². The highest BCUT2D eigenvalue weighted by atomic mass is 35.5. The standard InChI is InChI=1S/C24H31ClFN7O.2ClH/c1-15-21-22(30-31(15)2)23(27-20-6-5-17(25)12-19(20)26)29-24(28-21)32-10-7-18(8-11-32)33-9-3-4-16(13-33)14-34;;/h5-6,12,16,18,34H,3-4,7-11,13-14H2,1-2H3,(H,27,28,29);2*1H. The number of nitrogens with zero attached hydrogens (tertiary/aromatic N) is 6. The minimum Gasteiger partial charge on any atom is -0.396 e. The number of aliphatic hydroxyl groups excluding tert-OH is 1. The van der Waals surface area contributed by atoms with E-state index in [4.69, 9.17) is 21.6 Å². The summed E-state index contributed by atoms with van der Waals surface area (Å²) < 4.78 is 16.3. The molecule has 0 bridgehead atoms. The summed E-state index contributed by atoms with van der Waals surface area (Å²) in [5.74, 6) is 1.06. The average Bonchev–Trinajstić information content (AvgIpc) is 3.14. The van der Waals surface area contributed by atoms with Crippen LogP contribution < -0.4 is 10.2 Å². The summed E-state index contributed by atoms with van der Waals surface area (Å²) in [6, 6.07) is 5.04. The van der Waals surface area contributed by atoms with Crippen molar-refractivity contribution in [3.63, 3.8) is 0 Å². The number of benzene rings is 1. The maximum Gasteiger partial charge on any atom is 0.228 e. The van der Waals surface area contributed by atoms with Crippen molar-refractivity contribution in [2.45, 2.75) is 38.6 Å². The smallest absolute Gasteiger partial charge is 0.228 e. The van der Waals surface area contributed by atoms with Gasteiger partial charge >= 0.3 is 0 Å². The van der Waals surface area contributed by atoms with E-state index in [2.05, 4.69) is 20.2 Å². The highest BCUT2D eigenvalue weighted by molar-refractivity contribution is 6.30. The number of aliphatic hydroxyl groups is 1. The van der Waals surface area contributed by atoms with Crippen molar-refractivity contribution in [1.29, 1.82) is 0 Å². The molecule has 1 atom stereocenters. The predicted octanol–water partition coefficient (Wildman–Crippen LogP) is 4.72. The van der Waals surface area contributed by atoms with Crippen molar-refractivity contribution < 1.29 is 9.50 Å². The maximum atomic E-state index is 14.5. The fourth-order valence-electron chi connectivity index (χ4n) is 5.12. The first kappa shape index (κ1) is 28.7. The summed E-state index contributed by atoms with van der Waals surface area (Å²) in [7, 11) is 1.87. The van der Waals surface area contributed by atoms with Gasteiger partial charge in [-0.2, -0.15) is 10.1 Å². The van der Waals surface area contributed by atoms with E-state index >= 15 is 0 Å². The Morgan fingerprint density at radius 3 is 2.56 bits per heavy atom. The van der Waals surface area contributed by atoms with Gasteiger partial charge in [-0.15, -0.1) is 24.8 Å². The number of anilines is 3. The fraction of sp³-hybridized carbons (Fsp3) is 0.542. The molecule has 8 nitrogen and oxygen atoms in total. The molecule has 3 aromatic rings. The van der Waals surface area contributed by atoms with Crippen LogP contribution in [-0.4, -0.2) is 68.6 Å². The van der Waals surface area contributed by atoms with Crippen LogP contribution >= 0.6 is 36.4 Å². The van der Waals surface area contributed by atoms with Gasteiger partial charge in [0.2, 0.25) is 5.95 Å². The Kier molecular flexibility index (Phi) is 9.62. The summed E-state index contributed by atoms with van der Waals surface area (Å²) in [5.41, 5.74) is 2.59. The topological polar surface area (TPSA) is 82.3 Å². The maximum absolute atomic E-state index is 14.5. The molecule has 0 spiro atoms. The van der Waals surface area contributed by atoms with E-state index in [0.717, 1.165) is 63.1 Å². The lowest BCUT2D eigenvalue weighted by atomic mass is 9.94. The van der Waals surface area contributed by atoms with Gasteiger partial charge < -0.3 is 15.3 Å². The molecule has 36 heavy (non-hydrogen) atoms. The molecule has 2 N–H and O–H groups in total. The molecule has 5 rings (SSSR count). The number of aromatic nitrogens is 4. The lowest BCUT2D eigenvalue weighted by Gasteiger charge is -2.42. The van der Waals surface area contributed by atoms with E-state index in [0.29, 0.717) is 40.0 Å². The monoisotopic (exact) mass is 559 g/mol. The number of likely N-dealkylation sites (tertiary alicyclic amines) is 1. The third-order valence-corrected chi connectivity index (χ3v) is 7.44. The molecular weight excluding hydrogens is 528 g/mol. The van der Waals surface area contributed by atoms with Crippen LogP contribution in [0, 0.1) is 18.7 Å². The number of hydrogen-bond acceptors (Lipinski definition) is 7. The van der Waals surface area contributed by atoms with Gasteiger partial charge in [-0.05, 0) is 63.3 Å². The van der Waals surface area contributed by atoms with E-state index in [1.54, 1.807) is 16.8 Å². The van der Waals surface area contributed by atoms with Crippen molar-refractivity contribution in [1.82, 2.24) is 24.6 Å². The predicted molar refractivity (Wildman–Crippen MR) is 147 cm³/mol. The number of nitrogens with one attached hydrogen (secondary N) is 1. The lowest BCUT2D eigenvalue weighted by Crippen LogP contribution is -2.49. The van der Waals surface area contributed by atoms with Crippen LogP contribution in [0.2, 0.25) is 5.02 Å². The first-order chi connectivity index (χ1) is 16.4. The molecule has 1 unspecified atom stereocenters. The van der Waals surface area contributed by atoms with Gasteiger partial charge in [0.1, 0.15) is 11.3 Å². The Hall–Kier alpha value is -1.91. The highest BCUT2D eigenvalue weighted by Crippen LogP contribution is 2.31. The molecule has 198 valence electrons. The molecule has 1 aromatic carbocycles. The van der Waals surface area contributed by atoms with Gasteiger partial charge in [0, 0.05) is 44.4 Å². The molecule has 0 radical (unpaired) electrons. The largest absolute Gasteiger partial charge is 0.396 e. The Morgan fingerprint density at radius 1 is 1.11 bits per heavy atom. The molecule has 0 amide bonds.